The maximum Gasteiger partial charge on any atom is 0.694 e. The van der Waals surface area contributed by atoms with Crippen LogP contribution in [-0.4, -0.2) is 36.1 Å². The minimum atomic E-state index is -2.82. The summed E-state index contributed by atoms with van der Waals surface area (Å²) < 4.78 is 26.3. The van der Waals surface area contributed by atoms with Crippen molar-refractivity contribution in [3.63, 3.8) is 0 Å². The van der Waals surface area contributed by atoms with E-state index in [0.717, 1.165) is 57.8 Å². The van der Waals surface area contributed by atoms with Gasteiger partial charge in [0.25, 0.3) is 0 Å². The highest BCUT2D eigenvalue weighted by Gasteiger charge is 2.23. The predicted molar refractivity (Wildman–Crippen MR) is 159 cm³/mol. The molecule has 7 nitrogen and oxygen atoms in total. The predicted octanol–water partition coefficient (Wildman–Crippen LogP) is 9.29. The van der Waals surface area contributed by atoms with Crippen molar-refractivity contribution in [1.29, 1.82) is 0 Å². The first kappa shape index (κ1) is 37.7. The Bertz CT molecular complexity index is 624. The number of hydrogen-bond acceptors (Lipinski definition) is 6. The molecule has 0 rings (SSSR count). The number of carbonyl (C=O) groups excluding carboxylic acids is 2. The molecule has 0 aliphatic carbocycles. The van der Waals surface area contributed by atoms with E-state index >= 15 is 0 Å². The summed E-state index contributed by atoms with van der Waals surface area (Å²) in [7, 11) is -2.82. The molecule has 0 aliphatic rings. The van der Waals surface area contributed by atoms with Crippen molar-refractivity contribution in [2.45, 2.75) is 161 Å². The summed E-state index contributed by atoms with van der Waals surface area (Å²) in [6.07, 6.45) is 27.3. The first-order valence-electron chi connectivity index (χ1n) is 15.8. The van der Waals surface area contributed by atoms with Gasteiger partial charge in [0.2, 0.25) is 0 Å². The van der Waals surface area contributed by atoms with E-state index in [2.05, 4.69) is 26.0 Å². The molecule has 0 bridgehead atoms. The lowest BCUT2D eigenvalue weighted by molar-refractivity contribution is -0.161. The molecule has 39 heavy (non-hydrogen) atoms. The van der Waals surface area contributed by atoms with Gasteiger partial charge in [-0.25, -0.2) is 0 Å². The molecule has 0 heterocycles. The molecule has 0 aliphatic heterocycles. The highest BCUT2D eigenvalue weighted by molar-refractivity contribution is 7.32. The zero-order valence-corrected chi connectivity index (χ0v) is 25.9. The number of ether oxygens (including phenoxy) is 2. The van der Waals surface area contributed by atoms with Gasteiger partial charge in [-0.15, -0.1) is 9.42 Å². The first-order valence-corrected chi connectivity index (χ1v) is 16.9. The number of rotatable bonds is 29. The summed E-state index contributed by atoms with van der Waals surface area (Å²) in [5.74, 6) is -0.752. The lowest BCUT2D eigenvalue weighted by Gasteiger charge is -2.15. The van der Waals surface area contributed by atoms with Gasteiger partial charge in [-0.2, -0.15) is 0 Å². The van der Waals surface area contributed by atoms with Gasteiger partial charge in [-0.1, -0.05) is 116 Å². The fourth-order valence-electron chi connectivity index (χ4n) is 4.33. The maximum atomic E-state index is 12.2. The molecule has 0 saturated carbocycles. The van der Waals surface area contributed by atoms with E-state index < -0.39 is 20.3 Å². The van der Waals surface area contributed by atoms with Gasteiger partial charge >= 0.3 is 20.2 Å². The SMILES string of the molecule is CCCCC/C=C/CCCCCCCC(=O)O[C@@H](COC(=O)CCCCCCCCCCCC)CO[P+](=O)O. The quantitative estimate of drug-likeness (QED) is 0.0412. The van der Waals surface area contributed by atoms with E-state index in [0.29, 0.717) is 6.42 Å². The molecule has 0 spiro atoms. The van der Waals surface area contributed by atoms with Crippen molar-refractivity contribution in [2.24, 2.45) is 0 Å². The van der Waals surface area contributed by atoms with Crippen LogP contribution < -0.4 is 0 Å². The van der Waals surface area contributed by atoms with Crippen LogP contribution in [0, 0.1) is 0 Å². The molecule has 0 aromatic rings. The Balaban J connectivity index is 3.94. The van der Waals surface area contributed by atoms with Crippen LogP contribution in [0.4, 0.5) is 0 Å². The molecule has 0 saturated heterocycles. The Kier molecular flexibility index (Phi) is 28.7. The average Bonchev–Trinajstić information content (AvgIpc) is 2.91. The fraction of sp³-hybridized carbons (Fsp3) is 0.871. The van der Waals surface area contributed by atoms with E-state index in [1.807, 2.05) is 0 Å². The minimum Gasteiger partial charge on any atom is -0.462 e. The third-order valence-electron chi connectivity index (χ3n) is 6.73. The summed E-state index contributed by atoms with van der Waals surface area (Å²) in [6.45, 7) is 3.99. The van der Waals surface area contributed by atoms with E-state index in [4.69, 9.17) is 18.9 Å². The molecule has 0 aromatic carbocycles. The molecular weight excluding hydrogens is 515 g/mol. The number of allylic oxidation sites excluding steroid dienone is 2. The Morgan fingerprint density at radius 1 is 0.641 bits per heavy atom. The topological polar surface area (TPSA) is 99.1 Å². The molecule has 8 heteroatoms. The molecule has 2 atom stereocenters. The summed E-state index contributed by atoms with van der Waals surface area (Å²) in [5, 5.41) is 0. The Morgan fingerprint density at radius 2 is 1.08 bits per heavy atom. The van der Waals surface area contributed by atoms with Gasteiger partial charge in [0.05, 0.1) is 0 Å². The van der Waals surface area contributed by atoms with Crippen molar-refractivity contribution in [2.75, 3.05) is 13.2 Å². The number of carbonyl (C=O) groups is 2. The zero-order valence-electron chi connectivity index (χ0n) is 25.0. The fourth-order valence-corrected chi connectivity index (χ4v) is 4.63. The van der Waals surface area contributed by atoms with Crippen LogP contribution in [-0.2, 0) is 28.2 Å². The van der Waals surface area contributed by atoms with Gasteiger partial charge in [0.15, 0.2) is 6.10 Å². The largest absolute Gasteiger partial charge is 0.694 e. The van der Waals surface area contributed by atoms with Crippen LogP contribution in [0.1, 0.15) is 155 Å². The molecule has 0 radical (unpaired) electrons. The Hall–Kier alpha value is -1.30. The average molecular weight is 574 g/mol. The zero-order chi connectivity index (χ0) is 28.8. The Labute approximate surface area is 239 Å². The summed E-state index contributed by atoms with van der Waals surface area (Å²) in [6, 6.07) is 0. The van der Waals surface area contributed by atoms with E-state index in [-0.39, 0.29) is 25.6 Å². The molecule has 1 N–H and O–H groups in total. The van der Waals surface area contributed by atoms with Gasteiger partial charge in [-0.05, 0) is 38.5 Å². The minimum absolute atomic E-state index is 0.169. The second-order valence-corrected chi connectivity index (χ2v) is 11.3. The molecular formula is C31H58O7P+. The van der Waals surface area contributed by atoms with Gasteiger partial charge in [0, 0.05) is 17.4 Å². The smallest absolute Gasteiger partial charge is 0.462 e. The van der Waals surface area contributed by atoms with E-state index in [1.54, 1.807) is 0 Å². The van der Waals surface area contributed by atoms with Crippen molar-refractivity contribution >= 4 is 20.2 Å². The highest BCUT2D eigenvalue weighted by atomic mass is 31.1. The second-order valence-electron chi connectivity index (χ2n) is 10.5. The summed E-state index contributed by atoms with van der Waals surface area (Å²) in [4.78, 5) is 33.3. The molecule has 0 amide bonds. The highest BCUT2D eigenvalue weighted by Crippen LogP contribution is 2.17. The third-order valence-corrected chi connectivity index (χ3v) is 7.10. The lowest BCUT2D eigenvalue weighted by Crippen LogP contribution is -2.29. The second kappa shape index (κ2) is 29.7. The number of esters is 2. The van der Waals surface area contributed by atoms with Gasteiger partial charge in [0.1, 0.15) is 13.2 Å². The van der Waals surface area contributed by atoms with Crippen LogP contribution in [0.15, 0.2) is 12.2 Å². The lowest BCUT2D eigenvalue weighted by atomic mass is 10.1. The molecule has 228 valence electrons. The van der Waals surface area contributed by atoms with Crippen molar-refractivity contribution < 1.29 is 33.0 Å². The van der Waals surface area contributed by atoms with Gasteiger partial charge < -0.3 is 9.47 Å². The summed E-state index contributed by atoms with van der Waals surface area (Å²) >= 11 is 0. The van der Waals surface area contributed by atoms with Crippen LogP contribution in [0.3, 0.4) is 0 Å². The summed E-state index contributed by atoms with van der Waals surface area (Å²) in [5.41, 5.74) is 0. The van der Waals surface area contributed by atoms with Gasteiger partial charge in [-0.3, -0.25) is 9.59 Å². The molecule has 0 fully saturated rings. The van der Waals surface area contributed by atoms with Crippen LogP contribution >= 0.6 is 8.25 Å². The number of hydrogen-bond donors (Lipinski definition) is 1. The third kappa shape index (κ3) is 29.5. The standard InChI is InChI=1S/C31H57O7P/c1-3-5-7-9-11-13-15-16-18-20-22-24-26-31(33)38-29(28-37-39(34)35)27-36-30(32)25-23-21-19-17-14-12-10-8-6-4-2/h11,13,29H,3-10,12,14-28H2,1-2H3/p+1/b13-11+/t29-/m0/s1. The van der Waals surface area contributed by atoms with E-state index in [9.17, 15) is 14.2 Å². The van der Waals surface area contributed by atoms with Crippen molar-refractivity contribution in [3.05, 3.63) is 12.2 Å². The molecule has 0 aromatic heterocycles. The Morgan fingerprint density at radius 3 is 1.62 bits per heavy atom. The van der Waals surface area contributed by atoms with Crippen molar-refractivity contribution in [1.82, 2.24) is 0 Å². The van der Waals surface area contributed by atoms with Crippen LogP contribution in [0.5, 0.6) is 0 Å². The maximum absolute atomic E-state index is 12.2. The molecule has 1 unspecified atom stereocenters. The first-order chi connectivity index (χ1) is 19.0. The monoisotopic (exact) mass is 573 g/mol. The van der Waals surface area contributed by atoms with Crippen LogP contribution in [0.25, 0.3) is 0 Å². The van der Waals surface area contributed by atoms with Crippen molar-refractivity contribution in [3.8, 4) is 0 Å². The number of unbranched alkanes of at least 4 members (excludes halogenated alkanes) is 17. The normalized spacial score (nSPS) is 12.5. The van der Waals surface area contributed by atoms with Crippen LogP contribution in [0.2, 0.25) is 0 Å². The van der Waals surface area contributed by atoms with E-state index in [1.165, 1.54) is 70.6 Å².